The lowest BCUT2D eigenvalue weighted by molar-refractivity contribution is 0.220. The molecule has 30 heavy (non-hydrogen) atoms. The standard InChI is InChI=1S/C22H27N7S/c1-15-10-16(6-7-17(15)13-29-8-9-30-21(29)22(2,3)4)18-11-19(24-14-23-18)26-20-12-25-28(5)27-20/h6-12,14,21H,13H2,1-5H3,(H,23,24,26,27). The number of hydrogen-bond donors (Lipinski definition) is 1. The number of nitrogens with zero attached hydrogens (tertiary/aromatic N) is 6. The number of nitrogens with one attached hydrogen (secondary N) is 1. The fourth-order valence-corrected chi connectivity index (χ4v) is 4.61. The molecule has 0 spiro atoms. The Kier molecular flexibility index (Phi) is 5.51. The van der Waals surface area contributed by atoms with Crippen LogP contribution in [0.2, 0.25) is 0 Å². The van der Waals surface area contributed by atoms with Gasteiger partial charge >= 0.3 is 0 Å². The van der Waals surface area contributed by atoms with Gasteiger partial charge in [-0.2, -0.15) is 9.90 Å². The first kappa shape index (κ1) is 20.4. The van der Waals surface area contributed by atoms with E-state index in [0.717, 1.165) is 17.8 Å². The van der Waals surface area contributed by atoms with Crippen molar-refractivity contribution in [2.45, 2.75) is 39.6 Å². The van der Waals surface area contributed by atoms with Gasteiger partial charge in [0.25, 0.3) is 0 Å². The second kappa shape index (κ2) is 8.10. The van der Waals surface area contributed by atoms with Crippen LogP contribution in [0.5, 0.6) is 0 Å². The summed E-state index contributed by atoms with van der Waals surface area (Å²) in [6.45, 7) is 9.95. The molecule has 0 radical (unpaired) electrons. The lowest BCUT2D eigenvalue weighted by atomic mass is 9.95. The molecule has 156 valence electrons. The molecular weight excluding hydrogens is 394 g/mol. The summed E-state index contributed by atoms with van der Waals surface area (Å²) in [5.41, 5.74) is 4.74. The molecule has 0 fully saturated rings. The van der Waals surface area contributed by atoms with Crippen LogP contribution in [-0.2, 0) is 13.6 Å². The lowest BCUT2D eigenvalue weighted by Gasteiger charge is -2.35. The van der Waals surface area contributed by atoms with Crippen LogP contribution in [0.25, 0.3) is 11.3 Å². The maximum absolute atomic E-state index is 4.46. The Bertz CT molecular complexity index is 1070. The molecule has 2 aromatic heterocycles. The van der Waals surface area contributed by atoms with Gasteiger partial charge in [0, 0.05) is 31.4 Å². The topological polar surface area (TPSA) is 71.8 Å². The molecule has 8 heteroatoms. The highest BCUT2D eigenvalue weighted by molar-refractivity contribution is 8.02. The molecule has 3 heterocycles. The second-order valence-electron chi connectivity index (χ2n) is 8.59. The van der Waals surface area contributed by atoms with Crippen LogP contribution in [0.15, 0.2) is 48.4 Å². The highest BCUT2D eigenvalue weighted by Crippen LogP contribution is 2.39. The van der Waals surface area contributed by atoms with Crippen LogP contribution in [0.4, 0.5) is 11.6 Å². The maximum Gasteiger partial charge on any atom is 0.174 e. The Morgan fingerprint density at radius 1 is 1.13 bits per heavy atom. The summed E-state index contributed by atoms with van der Waals surface area (Å²) >= 11 is 1.90. The van der Waals surface area contributed by atoms with Gasteiger partial charge < -0.3 is 10.2 Å². The van der Waals surface area contributed by atoms with E-state index in [1.54, 1.807) is 19.6 Å². The van der Waals surface area contributed by atoms with E-state index in [-0.39, 0.29) is 5.41 Å². The first-order chi connectivity index (χ1) is 14.3. The van der Waals surface area contributed by atoms with Gasteiger partial charge in [-0.05, 0) is 34.9 Å². The molecule has 0 saturated carbocycles. The van der Waals surface area contributed by atoms with E-state index in [0.29, 0.717) is 17.0 Å². The number of thioether (sulfide) groups is 1. The Morgan fingerprint density at radius 3 is 2.67 bits per heavy atom. The number of aryl methyl sites for hydroxylation is 2. The summed E-state index contributed by atoms with van der Waals surface area (Å²) in [5.74, 6) is 1.34. The summed E-state index contributed by atoms with van der Waals surface area (Å²) < 4.78 is 0. The summed E-state index contributed by atoms with van der Waals surface area (Å²) in [4.78, 5) is 12.7. The van der Waals surface area contributed by atoms with Gasteiger partial charge in [0.2, 0.25) is 0 Å². The Hall–Kier alpha value is -2.87. The third-order valence-electron chi connectivity index (χ3n) is 5.02. The minimum Gasteiger partial charge on any atom is -0.360 e. The predicted molar refractivity (Wildman–Crippen MR) is 122 cm³/mol. The van der Waals surface area contributed by atoms with Gasteiger partial charge in [-0.1, -0.05) is 32.9 Å². The van der Waals surface area contributed by atoms with Crippen LogP contribution < -0.4 is 5.32 Å². The number of anilines is 2. The highest BCUT2D eigenvalue weighted by atomic mass is 32.2. The molecule has 0 aliphatic carbocycles. The summed E-state index contributed by atoms with van der Waals surface area (Å²) in [5, 5.41) is 14.1. The van der Waals surface area contributed by atoms with Gasteiger partial charge in [-0.15, -0.1) is 16.9 Å². The summed E-state index contributed by atoms with van der Waals surface area (Å²) in [6, 6.07) is 8.47. The van der Waals surface area contributed by atoms with E-state index < -0.39 is 0 Å². The lowest BCUT2D eigenvalue weighted by Crippen LogP contribution is -2.35. The number of aromatic nitrogens is 5. The largest absolute Gasteiger partial charge is 0.360 e. The monoisotopic (exact) mass is 421 g/mol. The molecule has 1 aliphatic heterocycles. The van der Waals surface area contributed by atoms with Crippen molar-refractivity contribution in [2.75, 3.05) is 5.32 Å². The van der Waals surface area contributed by atoms with E-state index in [9.17, 15) is 0 Å². The molecule has 7 nitrogen and oxygen atoms in total. The maximum atomic E-state index is 4.46. The summed E-state index contributed by atoms with van der Waals surface area (Å²) in [6.07, 6.45) is 5.44. The van der Waals surface area contributed by atoms with Crippen molar-refractivity contribution in [3.8, 4) is 11.3 Å². The third-order valence-corrected chi connectivity index (χ3v) is 6.53. The van der Waals surface area contributed by atoms with E-state index >= 15 is 0 Å². The van der Waals surface area contributed by atoms with Crippen molar-refractivity contribution < 1.29 is 0 Å². The molecule has 1 N–H and O–H groups in total. The molecule has 1 unspecified atom stereocenters. The van der Waals surface area contributed by atoms with Crippen molar-refractivity contribution in [1.29, 1.82) is 0 Å². The fourth-order valence-electron chi connectivity index (χ4n) is 3.53. The molecule has 3 aromatic rings. The summed E-state index contributed by atoms with van der Waals surface area (Å²) in [7, 11) is 1.78. The predicted octanol–water partition coefficient (Wildman–Crippen LogP) is 4.72. The second-order valence-corrected chi connectivity index (χ2v) is 9.58. The number of benzene rings is 1. The van der Waals surface area contributed by atoms with Crippen LogP contribution in [0, 0.1) is 12.3 Å². The van der Waals surface area contributed by atoms with Crippen molar-refractivity contribution in [2.24, 2.45) is 12.5 Å². The fraction of sp³-hybridized carbons (Fsp3) is 0.364. The Labute approximate surface area is 181 Å². The van der Waals surface area contributed by atoms with Gasteiger partial charge in [0.15, 0.2) is 5.82 Å². The van der Waals surface area contributed by atoms with Crippen LogP contribution >= 0.6 is 11.8 Å². The average molecular weight is 422 g/mol. The average Bonchev–Trinajstić information content (AvgIpc) is 3.32. The first-order valence-corrected chi connectivity index (χ1v) is 10.9. The zero-order valence-corrected chi connectivity index (χ0v) is 18.8. The third kappa shape index (κ3) is 4.48. The smallest absolute Gasteiger partial charge is 0.174 e. The van der Waals surface area contributed by atoms with Crippen LogP contribution in [0.1, 0.15) is 31.9 Å². The van der Waals surface area contributed by atoms with Crippen molar-refractivity contribution >= 4 is 23.4 Å². The minimum atomic E-state index is 0.218. The Balaban J connectivity index is 1.52. The number of hydrogen-bond acceptors (Lipinski definition) is 7. The van der Waals surface area contributed by atoms with Gasteiger partial charge in [0.1, 0.15) is 12.1 Å². The van der Waals surface area contributed by atoms with E-state index in [1.165, 1.54) is 15.9 Å². The van der Waals surface area contributed by atoms with Gasteiger partial charge in [0.05, 0.1) is 17.3 Å². The Morgan fingerprint density at radius 2 is 1.97 bits per heavy atom. The molecule has 0 saturated heterocycles. The zero-order chi connectivity index (χ0) is 21.3. The minimum absolute atomic E-state index is 0.218. The molecule has 4 rings (SSSR count). The molecule has 1 atom stereocenters. The SMILES string of the molecule is Cc1cc(-c2cc(Nc3cnn(C)n3)ncn2)ccc1CN1C=CSC1C(C)(C)C. The van der Waals surface area contributed by atoms with E-state index in [1.807, 2.05) is 17.8 Å². The first-order valence-electron chi connectivity index (χ1n) is 9.93. The van der Waals surface area contributed by atoms with Crippen molar-refractivity contribution in [3.05, 3.63) is 59.5 Å². The van der Waals surface area contributed by atoms with E-state index in [2.05, 4.69) is 87.9 Å². The molecule has 1 aromatic carbocycles. The van der Waals surface area contributed by atoms with Crippen LogP contribution in [0.3, 0.4) is 0 Å². The van der Waals surface area contributed by atoms with Gasteiger partial charge in [-0.25, -0.2) is 9.97 Å². The molecule has 1 aliphatic rings. The molecular formula is C22H27N7S. The van der Waals surface area contributed by atoms with E-state index in [4.69, 9.17) is 0 Å². The van der Waals surface area contributed by atoms with Crippen molar-refractivity contribution in [3.63, 3.8) is 0 Å². The van der Waals surface area contributed by atoms with Crippen molar-refractivity contribution in [1.82, 2.24) is 29.9 Å². The van der Waals surface area contributed by atoms with Gasteiger partial charge in [-0.3, -0.25) is 0 Å². The molecule has 0 bridgehead atoms. The normalized spacial score (nSPS) is 16.3. The molecule has 0 amide bonds. The highest BCUT2D eigenvalue weighted by Gasteiger charge is 2.31. The number of rotatable bonds is 5. The van der Waals surface area contributed by atoms with Crippen LogP contribution in [-0.4, -0.2) is 35.2 Å². The zero-order valence-electron chi connectivity index (χ0n) is 18.0. The quantitative estimate of drug-likeness (QED) is 0.639.